The summed E-state index contributed by atoms with van der Waals surface area (Å²) in [5.74, 6) is 0. The maximum absolute atomic E-state index is 6.32. The molecule has 4 nitrogen and oxygen atoms in total. The molecular formula is C14H19BrN4. The van der Waals surface area contributed by atoms with Gasteiger partial charge in [0, 0.05) is 23.4 Å². The molecule has 5 heteroatoms. The van der Waals surface area contributed by atoms with Gasteiger partial charge in [-0.1, -0.05) is 6.92 Å². The lowest BCUT2D eigenvalue weighted by Gasteiger charge is -2.13. The van der Waals surface area contributed by atoms with Gasteiger partial charge in [-0.3, -0.25) is 9.67 Å². The van der Waals surface area contributed by atoms with Gasteiger partial charge in [0.1, 0.15) is 0 Å². The first kappa shape index (κ1) is 14.2. The molecule has 2 aromatic heterocycles. The molecule has 0 aromatic carbocycles. The van der Waals surface area contributed by atoms with Gasteiger partial charge in [0.15, 0.2) is 0 Å². The highest BCUT2D eigenvalue weighted by Gasteiger charge is 2.14. The first-order chi connectivity index (χ1) is 9.13. The van der Waals surface area contributed by atoms with Crippen LogP contribution in [-0.2, 0) is 19.4 Å². The van der Waals surface area contributed by atoms with Crippen LogP contribution in [0.3, 0.4) is 0 Å². The van der Waals surface area contributed by atoms with Crippen molar-refractivity contribution in [2.75, 3.05) is 0 Å². The summed E-state index contributed by atoms with van der Waals surface area (Å²) in [6.45, 7) is 5.04. The molecule has 2 heterocycles. The van der Waals surface area contributed by atoms with Gasteiger partial charge >= 0.3 is 0 Å². The number of nitrogens with zero attached hydrogens (tertiary/aromatic N) is 3. The molecule has 0 aliphatic heterocycles. The van der Waals surface area contributed by atoms with Crippen molar-refractivity contribution >= 4 is 15.9 Å². The zero-order valence-electron chi connectivity index (χ0n) is 11.3. The highest BCUT2D eigenvalue weighted by molar-refractivity contribution is 9.10. The molecule has 0 saturated heterocycles. The molecule has 19 heavy (non-hydrogen) atoms. The Balaban J connectivity index is 2.19. The van der Waals surface area contributed by atoms with E-state index >= 15 is 0 Å². The lowest BCUT2D eigenvalue weighted by Crippen LogP contribution is -2.18. The predicted molar refractivity (Wildman–Crippen MR) is 79.8 cm³/mol. The summed E-state index contributed by atoms with van der Waals surface area (Å²) >= 11 is 3.43. The van der Waals surface area contributed by atoms with Crippen LogP contribution in [-0.4, -0.2) is 14.8 Å². The van der Waals surface area contributed by atoms with Crippen LogP contribution in [0.1, 0.15) is 36.8 Å². The number of nitrogens with two attached hydrogens (primary N) is 1. The van der Waals surface area contributed by atoms with Gasteiger partial charge in [0.25, 0.3) is 0 Å². The van der Waals surface area contributed by atoms with Crippen LogP contribution in [0.5, 0.6) is 0 Å². The number of rotatable bonds is 5. The summed E-state index contributed by atoms with van der Waals surface area (Å²) < 4.78 is 2.98. The minimum absolute atomic E-state index is 0.0520. The van der Waals surface area contributed by atoms with E-state index in [-0.39, 0.29) is 6.04 Å². The van der Waals surface area contributed by atoms with Crippen molar-refractivity contribution in [3.8, 4) is 0 Å². The van der Waals surface area contributed by atoms with E-state index in [1.807, 2.05) is 10.9 Å². The maximum atomic E-state index is 6.32. The van der Waals surface area contributed by atoms with Crippen LogP contribution in [0.2, 0.25) is 0 Å². The summed E-state index contributed by atoms with van der Waals surface area (Å²) in [7, 11) is 0. The van der Waals surface area contributed by atoms with Gasteiger partial charge in [0.2, 0.25) is 0 Å². The van der Waals surface area contributed by atoms with Crippen molar-refractivity contribution in [2.24, 2.45) is 5.73 Å². The summed E-state index contributed by atoms with van der Waals surface area (Å²) in [6, 6.07) is 4.11. The van der Waals surface area contributed by atoms with Crippen molar-refractivity contribution in [3.63, 3.8) is 0 Å². The number of hydrogen-bond acceptors (Lipinski definition) is 3. The van der Waals surface area contributed by atoms with Crippen LogP contribution in [0.25, 0.3) is 0 Å². The van der Waals surface area contributed by atoms with E-state index in [4.69, 9.17) is 5.73 Å². The van der Waals surface area contributed by atoms with E-state index in [2.05, 4.69) is 52.0 Å². The third-order valence-electron chi connectivity index (χ3n) is 3.12. The minimum Gasteiger partial charge on any atom is -0.322 e. The molecule has 102 valence electrons. The van der Waals surface area contributed by atoms with E-state index < -0.39 is 0 Å². The molecule has 0 bridgehead atoms. The monoisotopic (exact) mass is 322 g/mol. The fourth-order valence-electron chi connectivity index (χ4n) is 2.14. The van der Waals surface area contributed by atoms with E-state index in [1.165, 1.54) is 0 Å². The Labute approximate surface area is 122 Å². The molecule has 1 atom stereocenters. The third-order valence-corrected chi connectivity index (χ3v) is 3.55. The van der Waals surface area contributed by atoms with Gasteiger partial charge < -0.3 is 5.73 Å². The number of pyridine rings is 1. The Morgan fingerprint density at radius 1 is 1.32 bits per heavy atom. The lowest BCUT2D eigenvalue weighted by molar-refractivity contribution is 0.564. The van der Waals surface area contributed by atoms with Crippen molar-refractivity contribution in [1.29, 1.82) is 0 Å². The Morgan fingerprint density at radius 2 is 2.11 bits per heavy atom. The van der Waals surface area contributed by atoms with E-state index in [9.17, 15) is 0 Å². The fraction of sp³-hybridized carbons (Fsp3) is 0.429. The first-order valence-corrected chi connectivity index (χ1v) is 7.35. The minimum atomic E-state index is -0.0520. The molecule has 2 N–H and O–H groups in total. The normalized spacial score (nSPS) is 12.6. The number of halogens is 1. The summed E-state index contributed by atoms with van der Waals surface area (Å²) in [5.41, 5.74) is 9.64. The van der Waals surface area contributed by atoms with Crippen molar-refractivity contribution in [2.45, 2.75) is 39.3 Å². The molecule has 0 amide bonds. The quantitative estimate of drug-likeness (QED) is 0.920. The maximum Gasteiger partial charge on any atom is 0.0625 e. The number of hydrogen-bond donors (Lipinski definition) is 1. The largest absolute Gasteiger partial charge is 0.322 e. The van der Waals surface area contributed by atoms with Crippen LogP contribution >= 0.6 is 15.9 Å². The molecule has 0 radical (unpaired) electrons. The van der Waals surface area contributed by atoms with Gasteiger partial charge in [0.05, 0.1) is 17.4 Å². The lowest BCUT2D eigenvalue weighted by atomic mass is 10.1. The van der Waals surface area contributed by atoms with Crippen molar-refractivity contribution < 1.29 is 0 Å². The Bertz CT molecular complexity index is 550. The molecule has 0 spiro atoms. The smallest absolute Gasteiger partial charge is 0.0625 e. The summed E-state index contributed by atoms with van der Waals surface area (Å²) in [4.78, 5) is 4.17. The number of aromatic nitrogens is 3. The second kappa shape index (κ2) is 6.30. The number of aryl methyl sites for hydroxylation is 2. The molecule has 2 aromatic rings. The van der Waals surface area contributed by atoms with Crippen LogP contribution < -0.4 is 5.73 Å². The highest BCUT2D eigenvalue weighted by atomic mass is 79.9. The summed E-state index contributed by atoms with van der Waals surface area (Å²) in [5, 5.41) is 4.54. The molecular weight excluding hydrogens is 304 g/mol. The van der Waals surface area contributed by atoms with E-state index in [1.54, 1.807) is 6.20 Å². The zero-order valence-corrected chi connectivity index (χ0v) is 12.9. The standard InChI is InChI=1S/C14H19BrN4/c1-3-12-7-14(19(4-2)18-12)13(16)6-10-5-11(15)9-17-8-10/h5,7-9,13H,3-4,6,16H2,1-2H3. The van der Waals surface area contributed by atoms with Crippen LogP contribution in [0.4, 0.5) is 0 Å². The average molecular weight is 323 g/mol. The van der Waals surface area contributed by atoms with Crippen LogP contribution in [0.15, 0.2) is 29.0 Å². The summed E-state index contributed by atoms with van der Waals surface area (Å²) in [6.07, 6.45) is 5.34. The van der Waals surface area contributed by atoms with Gasteiger partial charge in [-0.15, -0.1) is 0 Å². The van der Waals surface area contributed by atoms with Crippen molar-refractivity contribution in [3.05, 3.63) is 46.0 Å². The van der Waals surface area contributed by atoms with Crippen molar-refractivity contribution in [1.82, 2.24) is 14.8 Å². The van der Waals surface area contributed by atoms with Gasteiger partial charge in [-0.2, -0.15) is 5.10 Å². The molecule has 2 rings (SSSR count). The Kier molecular flexibility index (Phi) is 4.71. The van der Waals surface area contributed by atoms with E-state index in [0.717, 1.165) is 40.8 Å². The van der Waals surface area contributed by atoms with Crippen LogP contribution in [0, 0.1) is 0 Å². The van der Waals surface area contributed by atoms with E-state index in [0.29, 0.717) is 0 Å². The fourth-order valence-corrected chi connectivity index (χ4v) is 2.55. The first-order valence-electron chi connectivity index (χ1n) is 6.55. The second-order valence-electron chi connectivity index (χ2n) is 4.55. The molecule has 0 fully saturated rings. The topological polar surface area (TPSA) is 56.7 Å². The average Bonchev–Trinajstić information content (AvgIpc) is 2.82. The SMILES string of the molecule is CCc1cc(C(N)Cc2cncc(Br)c2)n(CC)n1. The van der Waals surface area contributed by atoms with Gasteiger partial charge in [-0.25, -0.2) is 0 Å². The molecule has 0 saturated carbocycles. The van der Waals surface area contributed by atoms with Gasteiger partial charge in [-0.05, 0) is 53.4 Å². The molecule has 0 aliphatic carbocycles. The zero-order chi connectivity index (χ0) is 13.8. The molecule has 1 unspecified atom stereocenters. The second-order valence-corrected chi connectivity index (χ2v) is 5.47. The Hall–Kier alpha value is -1.20. The Morgan fingerprint density at radius 3 is 2.74 bits per heavy atom. The molecule has 0 aliphatic rings. The predicted octanol–water partition coefficient (Wildman–Crippen LogP) is 2.87. The highest BCUT2D eigenvalue weighted by Crippen LogP contribution is 2.19. The third kappa shape index (κ3) is 3.42.